The Morgan fingerprint density at radius 2 is 1.88 bits per heavy atom. The molecule has 1 N–H and O–H groups in total. The number of likely N-dealkylation sites (N-methyl/N-ethyl adjacent to an activating group) is 1. The van der Waals surface area contributed by atoms with Crippen molar-refractivity contribution in [3.63, 3.8) is 0 Å². The molecule has 3 aromatic rings. The van der Waals surface area contributed by atoms with Gasteiger partial charge in [0.15, 0.2) is 5.82 Å². The molecule has 1 fully saturated rings. The molecule has 0 spiro atoms. The molecule has 1 saturated heterocycles. The van der Waals surface area contributed by atoms with Crippen molar-refractivity contribution in [3.8, 4) is 0 Å². The summed E-state index contributed by atoms with van der Waals surface area (Å²) < 4.78 is 14.2. The van der Waals surface area contributed by atoms with Gasteiger partial charge in [0.25, 0.3) is 0 Å². The first-order chi connectivity index (χ1) is 12.7. The lowest BCUT2D eigenvalue weighted by atomic mass is 10.1. The van der Waals surface area contributed by atoms with Crippen LogP contribution in [0.25, 0.3) is 11.0 Å². The monoisotopic (exact) mass is 352 g/mol. The van der Waals surface area contributed by atoms with Gasteiger partial charge in [0.1, 0.15) is 5.52 Å². The molecule has 0 bridgehead atoms. The Labute approximate surface area is 151 Å². The van der Waals surface area contributed by atoms with Crippen molar-refractivity contribution in [3.05, 3.63) is 54.4 Å². The predicted molar refractivity (Wildman–Crippen MR) is 101 cm³/mol. The average Bonchev–Trinajstić information content (AvgIpc) is 2.67. The van der Waals surface area contributed by atoms with Crippen LogP contribution in [0.1, 0.15) is 5.56 Å². The molecule has 0 saturated carbocycles. The van der Waals surface area contributed by atoms with Crippen molar-refractivity contribution >= 4 is 22.4 Å². The number of benzene rings is 1. The van der Waals surface area contributed by atoms with Crippen LogP contribution in [0.2, 0.25) is 0 Å². The Hall–Kier alpha value is -2.80. The van der Waals surface area contributed by atoms with Crippen molar-refractivity contribution < 1.29 is 4.39 Å². The second-order valence-corrected chi connectivity index (χ2v) is 6.54. The van der Waals surface area contributed by atoms with E-state index in [1.165, 1.54) is 12.3 Å². The van der Waals surface area contributed by atoms with E-state index in [1.54, 1.807) is 6.20 Å². The zero-order chi connectivity index (χ0) is 17.9. The average molecular weight is 352 g/mol. The van der Waals surface area contributed by atoms with Gasteiger partial charge in [-0.05, 0) is 30.8 Å². The molecule has 1 aliphatic rings. The fourth-order valence-electron chi connectivity index (χ4n) is 3.23. The Bertz CT molecular complexity index is 907. The quantitative estimate of drug-likeness (QED) is 0.779. The highest BCUT2D eigenvalue weighted by molar-refractivity contribution is 5.75. The van der Waals surface area contributed by atoms with Crippen molar-refractivity contribution in [2.45, 2.75) is 6.54 Å². The summed E-state index contributed by atoms with van der Waals surface area (Å²) in [6, 6.07) is 5.40. The molecule has 0 atom stereocenters. The summed E-state index contributed by atoms with van der Waals surface area (Å²) in [5.41, 5.74) is 3.78. The first-order valence-electron chi connectivity index (χ1n) is 8.71. The van der Waals surface area contributed by atoms with Gasteiger partial charge in [-0.2, -0.15) is 0 Å². The molecule has 6 nitrogen and oxygen atoms in total. The van der Waals surface area contributed by atoms with E-state index in [-0.39, 0.29) is 5.82 Å². The van der Waals surface area contributed by atoms with E-state index in [0.29, 0.717) is 17.6 Å². The van der Waals surface area contributed by atoms with E-state index in [2.05, 4.69) is 37.1 Å². The molecule has 1 aliphatic heterocycles. The SMILES string of the molecule is CN1CCN(c2ccncc2NCc2cc(F)c3nccnc3c2)CC1. The van der Waals surface area contributed by atoms with E-state index in [9.17, 15) is 4.39 Å². The van der Waals surface area contributed by atoms with Crippen molar-refractivity contribution in [2.24, 2.45) is 0 Å². The summed E-state index contributed by atoms with van der Waals surface area (Å²) in [5, 5.41) is 3.40. The van der Waals surface area contributed by atoms with Crippen LogP contribution in [-0.2, 0) is 6.54 Å². The first-order valence-corrected chi connectivity index (χ1v) is 8.71. The van der Waals surface area contributed by atoms with Crippen LogP contribution < -0.4 is 10.2 Å². The molecule has 4 rings (SSSR count). The molecule has 0 aliphatic carbocycles. The number of fused-ring (bicyclic) bond motifs is 1. The number of hydrogen-bond acceptors (Lipinski definition) is 6. The van der Waals surface area contributed by atoms with E-state index >= 15 is 0 Å². The van der Waals surface area contributed by atoms with Crippen molar-refractivity contribution in [1.29, 1.82) is 0 Å². The topological polar surface area (TPSA) is 57.2 Å². The Balaban J connectivity index is 1.53. The highest BCUT2D eigenvalue weighted by Gasteiger charge is 2.17. The number of piperazine rings is 1. The van der Waals surface area contributed by atoms with Crippen molar-refractivity contribution in [1.82, 2.24) is 19.9 Å². The molecule has 1 aromatic carbocycles. The number of hydrogen-bond donors (Lipinski definition) is 1. The van der Waals surface area contributed by atoms with Crippen LogP contribution in [0.3, 0.4) is 0 Å². The van der Waals surface area contributed by atoms with Gasteiger partial charge >= 0.3 is 0 Å². The molecular formula is C19H21FN6. The van der Waals surface area contributed by atoms with Gasteiger partial charge in [-0.25, -0.2) is 9.37 Å². The number of halogens is 1. The van der Waals surface area contributed by atoms with E-state index in [1.807, 2.05) is 24.5 Å². The molecule has 0 amide bonds. The standard InChI is InChI=1S/C19H21FN6/c1-25-6-8-26(9-7-25)18-2-3-21-13-17(18)24-12-14-10-15(20)19-16(11-14)22-4-5-23-19/h2-5,10-11,13,24H,6-9,12H2,1H3. The Morgan fingerprint density at radius 1 is 1.08 bits per heavy atom. The number of rotatable bonds is 4. The molecule has 7 heteroatoms. The van der Waals surface area contributed by atoms with Crippen LogP contribution in [0.5, 0.6) is 0 Å². The van der Waals surface area contributed by atoms with Gasteiger partial charge in [0.2, 0.25) is 0 Å². The minimum absolute atomic E-state index is 0.302. The third-order valence-corrected chi connectivity index (χ3v) is 4.71. The highest BCUT2D eigenvalue weighted by atomic mass is 19.1. The molecule has 0 radical (unpaired) electrons. The number of nitrogens with one attached hydrogen (secondary N) is 1. The summed E-state index contributed by atoms with van der Waals surface area (Å²) in [6.07, 6.45) is 6.71. The van der Waals surface area contributed by atoms with Gasteiger partial charge < -0.3 is 15.1 Å². The van der Waals surface area contributed by atoms with Crippen LogP contribution in [0.15, 0.2) is 43.0 Å². The van der Waals surface area contributed by atoms with Crippen molar-refractivity contribution in [2.75, 3.05) is 43.4 Å². The Kier molecular flexibility index (Phi) is 4.62. The maximum Gasteiger partial charge on any atom is 0.151 e. The van der Waals surface area contributed by atoms with Crippen LogP contribution in [0.4, 0.5) is 15.8 Å². The molecule has 134 valence electrons. The summed E-state index contributed by atoms with van der Waals surface area (Å²) in [4.78, 5) is 17.2. The molecule has 26 heavy (non-hydrogen) atoms. The number of pyridine rings is 1. The predicted octanol–water partition coefficient (Wildman–Crippen LogP) is 2.53. The third-order valence-electron chi connectivity index (χ3n) is 4.71. The second kappa shape index (κ2) is 7.21. The number of nitrogens with zero attached hydrogens (tertiary/aromatic N) is 5. The van der Waals surface area contributed by atoms with Crippen LogP contribution in [0, 0.1) is 5.82 Å². The number of anilines is 2. The summed E-state index contributed by atoms with van der Waals surface area (Å²) in [7, 11) is 2.14. The zero-order valence-electron chi connectivity index (χ0n) is 14.7. The molecular weight excluding hydrogens is 331 g/mol. The van der Waals surface area contributed by atoms with Crippen LogP contribution >= 0.6 is 0 Å². The molecule has 3 heterocycles. The lowest BCUT2D eigenvalue weighted by Gasteiger charge is -2.35. The van der Waals surface area contributed by atoms with E-state index < -0.39 is 0 Å². The fraction of sp³-hybridized carbons (Fsp3) is 0.316. The van der Waals surface area contributed by atoms with E-state index in [4.69, 9.17) is 0 Å². The van der Waals surface area contributed by atoms with Gasteiger partial charge in [-0.1, -0.05) is 0 Å². The smallest absolute Gasteiger partial charge is 0.151 e. The fourth-order valence-corrected chi connectivity index (χ4v) is 3.23. The zero-order valence-corrected chi connectivity index (χ0v) is 14.7. The Morgan fingerprint density at radius 3 is 2.73 bits per heavy atom. The lowest BCUT2D eigenvalue weighted by molar-refractivity contribution is 0.313. The largest absolute Gasteiger partial charge is 0.378 e. The molecule has 0 unspecified atom stereocenters. The minimum Gasteiger partial charge on any atom is -0.378 e. The summed E-state index contributed by atoms with van der Waals surface area (Å²) >= 11 is 0. The number of aromatic nitrogens is 3. The van der Waals surface area contributed by atoms with Gasteiger partial charge in [0, 0.05) is 51.3 Å². The minimum atomic E-state index is -0.349. The maximum absolute atomic E-state index is 14.2. The summed E-state index contributed by atoms with van der Waals surface area (Å²) in [5.74, 6) is -0.349. The van der Waals surface area contributed by atoms with Gasteiger partial charge in [-0.15, -0.1) is 0 Å². The summed E-state index contributed by atoms with van der Waals surface area (Å²) in [6.45, 7) is 4.53. The normalized spacial score (nSPS) is 15.4. The van der Waals surface area contributed by atoms with Gasteiger partial charge in [-0.3, -0.25) is 9.97 Å². The lowest BCUT2D eigenvalue weighted by Crippen LogP contribution is -2.44. The third kappa shape index (κ3) is 3.43. The highest BCUT2D eigenvalue weighted by Crippen LogP contribution is 2.26. The maximum atomic E-state index is 14.2. The first kappa shape index (κ1) is 16.7. The van der Waals surface area contributed by atoms with Gasteiger partial charge in [0.05, 0.1) is 23.1 Å². The van der Waals surface area contributed by atoms with Crippen LogP contribution in [-0.4, -0.2) is 53.1 Å². The molecule has 2 aromatic heterocycles. The van der Waals surface area contributed by atoms with E-state index in [0.717, 1.165) is 43.1 Å². The second-order valence-electron chi connectivity index (χ2n) is 6.54.